The first-order valence-electron chi connectivity index (χ1n) is 11.8. The molecule has 0 aromatic heterocycles. The minimum Gasteiger partial charge on any atom is -0.304 e. The van der Waals surface area contributed by atoms with Crippen LogP contribution in [-0.2, 0) is 4.57 Å². The number of anilines is 2. The van der Waals surface area contributed by atoms with Crippen LogP contribution in [0.1, 0.15) is 16.9 Å². The van der Waals surface area contributed by atoms with E-state index in [4.69, 9.17) is 0 Å². The molecular formula is C27H33N4OP. The quantitative estimate of drug-likeness (QED) is 0.472. The highest BCUT2D eigenvalue weighted by atomic mass is 31.2. The van der Waals surface area contributed by atoms with Crippen LogP contribution in [0.15, 0.2) is 84.9 Å². The third-order valence-electron chi connectivity index (χ3n) is 6.99. The number of aryl methyl sites for hydroxylation is 1. The maximum Gasteiger partial charge on any atom is 0.284 e. The van der Waals surface area contributed by atoms with Crippen molar-refractivity contribution in [3.05, 3.63) is 96.1 Å². The van der Waals surface area contributed by atoms with Gasteiger partial charge in [-0.25, -0.2) is 0 Å². The number of para-hydroxylation sites is 2. The smallest absolute Gasteiger partial charge is 0.284 e. The molecule has 2 aliphatic rings. The van der Waals surface area contributed by atoms with Crippen molar-refractivity contribution >= 4 is 18.8 Å². The lowest BCUT2D eigenvalue weighted by Crippen LogP contribution is -2.47. The monoisotopic (exact) mass is 460 g/mol. The summed E-state index contributed by atoms with van der Waals surface area (Å²) >= 11 is 0. The minimum atomic E-state index is -3.11. The summed E-state index contributed by atoms with van der Waals surface area (Å²) in [4.78, 5) is 4.83. The van der Waals surface area contributed by atoms with Crippen molar-refractivity contribution < 1.29 is 4.57 Å². The highest BCUT2D eigenvalue weighted by Crippen LogP contribution is 2.70. The number of rotatable bonds is 5. The van der Waals surface area contributed by atoms with E-state index >= 15 is 4.57 Å². The molecular weight excluding hydrogens is 427 g/mol. The molecule has 33 heavy (non-hydrogen) atoms. The molecule has 0 radical (unpaired) electrons. The van der Waals surface area contributed by atoms with E-state index in [-0.39, 0.29) is 5.78 Å². The minimum absolute atomic E-state index is 0.199. The molecule has 0 aliphatic carbocycles. The van der Waals surface area contributed by atoms with Crippen LogP contribution >= 0.6 is 7.44 Å². The third-order valence-corrected chi connectivity index (χ3v) is 10.5. The summed E-state index contributed by atoms with van der Waals surface area (Å²) in [7, 11) is -0.936. The lowest BCUT2D eigenvalue weighted by atomic mass is 10.1. The number of likely N-dealkylation sites (N-methyl/N-ethyl adjacent to an activating group) is 1. The summed E-state index contributed by atoms with van der Waals surface area (Å²) in [6.45, 7) is 7.42. The van der Waals surface area contributed by atoms with Gasteiger partial charge in [0.05, 0.1) is 0 Å². The zero-order valence-electron chi connectivity index (χ0n) is 19.5. The van der Waals surface area contributed by atoms with Crippen molar-refractivity contribution in [2.45, 2.75) is 12.7 Å². The fraction of sp³-hybridized carbons (Fsp3) is 0.333. The van der Waals surface area contributed by atoms with Crippen LogP contribution in [0.3, 0.4) is 0 Å². The average Bonchev–Trinajstić information content (AvgIpc) is 3.20. The Bertz CT molecular complexity index is 1060. The van der Waals surface area contributed by atoms with E-state index < -0.39 is 7.44 Å². The van der Waals surface area contributed by atoms with Gasteiger partial charge >= 0.3 is 0 Å². The summed E-state index contributed by atoms with van der Waals surface area (Å²) in [6, 6.07) is 29.1. The summed E-state index contributed by atoms with van der Waals surface area (Å²) in [5.74, 6) is -0.199. The lowest BCUT2D eigenvalue weighted by molar-refractivity contribution is 0.139. The Hall–Kier alpha value is -2.59. The lowest BCUT2D eigenvalue weighted by Gasteiger charge is -2.45. The molecule has 0 amide bonds. The molecule has 2 heterocycles. The normalized spacial score (nSPS) is 20.2. The van der Waals surface area contributed by atoms with Crippen molar-refractivity contribution in [3.8, 4) is 0 Å². The Balaban J connectivity index is 1.69. The topological polar surface area (TPSA) is 30.0 Å². The molecule has 0 spiro atoms. The molecule has 0 bridgehead atoms. The summed E-state index contributed by atoms with van der Waals surface area (Å²) in [5, 5.41) is 0. The van der Waals surface area contributed by atoms with E-state index in [0.717, 1.165) is 50.6 Å². The molecule has 2 fully saturated rings. The average molecular weight is 461 g/mol. The van der Waals surface area contributed by atoms with Crippen LogP contribution in [-0.4, -0.2) is 56.1 Å². The second-order valence-electron chi connectivity index (χ2n) is 9.08. The molecule has 5 nitrogen and oxygen atoms in total. The molecule has 2 aliphatic heterocycles. The molecule has 1 atom stereocenters. The van der Waals surface area contributed by atoms with Crippen molar-refractivity contribution in [1.29, 1.82) is 0 Å². The van der Waals surface area contributed by atoms with Crippen molar-refractivity contribution in [2.24, 2.45) is 0 Å². The van der Waals surface area contributed by atoms with Crippen LogP contribution in [0.25, 0.3) is 0 Å². The molecule has 0 N–H and O–H groups in total. The second-order valence-corrected chi connectivity index (χ2v) is 11.7. The van der Waals surface area contributed by atoms with Gasteiger partial charge in [-0.1, -0.05) is 60.7 Å². The highest BCUT2D eigenvalue weighted by Gasteiger charge is 2.52. The molecule has 0 saturated carbocycles. The first kappa shape index (κ1) is 22.2. The number of nitrogens with zero attached hydrogens (tertiary/aromatic N) is 4. The van der Waals surface area contributed by atoms with E-state index in [1.165, 1.54) is 11.1 Å². The zero-order chi connectivity index (χ0) is 22.8. The van der Waals surface area contributed by atoms with Gasteiger partial charge in [0.15, 0.2) is 0 Å². The predicted octanol–water partition coefficient (Wildman–Crippen LogP) is 5.46. The van der Waals surface area contributed by atoms with Gasteiger partial charge in [-0.15, -0.1) is 0 Å². The Labute approximate surface area is 197 Å². The molecule has 1 unspecified atom stereocenters. The van der Waals surface area contributed by atoms with Gasteiger partial charge in [0, 0.05) is 50.6 Å². The first-order chi connectivity index (χ1) is 16.1. The first-order valence-corrected chi connectivity index (χ1v) is 13.5. The van der Waals surface area contributed by atoms with E-state index in [9.17, 15) is 0 Å². The Morgan fingerprint density at radius 1 is 0.667 bits per heavy atom. The number of hydrogen-bond acceptors (Lipinski definition) is 3. The van der Waals surface area contributed by atoms with Gasteiger partial charge in [-0.2, -0.15) is 0 Å². The highest BCUT2D eigenvalue weighted by molar-refractivity contribution is 7.67. The molecule has 3 aromatic carbocycles. The molecule has 6 heteroatoms. The SMILES string of the molecule is Cc1ccccc1C(N1CCN(C)CC1)P1(=O)N(c2ccccc2)CCN1c1ccccc1. The predicted molar refractivity (Wildman–Crippen MR) is 138 cm³/mol. The van der Waals surface area contributed by atoms with Crippen LogP contribution in [0, 0.1) is 6.92 Å². The van der Waals surface area contributed by atoms with Gasteiger partial charge in [-0.3, -0.25) is 9.46 Å². The Morgan fingerprint density at radius 3 is 1.67 bits per heavy atom. The van der Waals surface area contributed by atoms with Crippen LogP contribution in [0.4, 0.5) is 11.4 Å². The molecule has 5 rings (SSSR count). The summed E-state index contributed by atoms with van der Waals surface area (Å²) < 4.78 is 20.1. The van der Waals surface area contributed by atoms with Gasteiger partial charge in [0.1, 0.15) is 5.78 Å². The van der Waals surface area contributed by atoms with Crippen molar-refractivity contribution in [2.75, 3.05) is 55.7 Å². The van der Waals surface area contributed by atoms with Gasteiger partial charge < -0.3 is 14.2 Å². The third kappa shape index (κ3) is 4.10. The maximum absolute atomic E-state index is 15.7. The molecule has 2 saturated heterocycles. The van der Waals surface area contributed by atoms with Crippen LogP contribution in [0.2, 0.25) is 0 Å². The zero-order valence-corrected chi connectivity index (χ0v) is 20.4. The number of hydrogen-bond donors (Lipinski definition) is 0. The maximum atomic E-state index is 15.7. The summed E-state index contributed by atoms with van der Waals surface area (Å²) in [5.41, 5.74) is 4.44. The largest absolute Gasteiger partial charge is 0.304 e. The standard InChI is InChI=1S/C27H33N4OP/c1-23-11-9-10-16-26(23)27(29-19-17-28(2)18-20-29)33(32)30(24-12-5-3-6-13-24)21-22-31(33)25-14-7-4-8-15-25/h3-16,27H,17-22H2,1-2H3. The van der Waals surface area contributed by atoms with Crippen LogP contribution in [0.5, 0.6) is 0 Å². The second kappa shape index (κ2) is 9.34. The van der Waals surface area contributed by atoms with E-state index in [1.54, 1.807) is 0 Å². The van der Waals surface area contributed by atoms with Crippen LogP contribution < -0.4 is 9.34 Å². The molecule has 172 valence electrons. The number of benzene rings is 3. The van der Waals surface area contributed by atoms with Gasteiger partial charge in [0.25, 0.3) is 7.44 Å². The fourth-order valence-electron chi connectivity index (χ4n) is 5.19. The van der Waals surface area contributed by atoms with Crippen molar-refractivity contribution in [1.82, 2.24) is 9.80 Å². The van der Waals surface area contributed by atoms with Crippen molar-refractivity contribution in [3.63, 3.8) is 0 Å². The molecule has 3 aromatic rings. The van der Waals surface area contributed by atoms with E-state index in [2.05, 4.69) is 81.6 Å². The summed E-state index contributed by atoms with van der Waals surface area (Å²) in [6.07, 6.45) is 0. The van der Waals surface area contributed by atoms with E-state index in [1.807, 2.05) is 36.4 Å². The van der Waals surface area contributed by atoms with Gasteiger partial charge in [-0.05, 0) is 49.4 Å². The number of piperazine rings is 1. The van der Waals surface area contributed by atoms with Gasteiger partial charge in [0.2, 0.25) is 0 Å². The Kier molecular flexibility index (Phi) is 6.29. The Morgan fingerprint density at radius 2 is 1.15 bits per heavy atom. The fourth-order valence-corrected chi connectivity index (χ4v) is 8.97. The van der Waals surface area contributed by atoms with E-state index in [0.29, 0.717) is 0 Å².